The van der Waals surface area contributed by atoms with Gasteiger partial charge in [-0.05, 0) is 55.3 Å². The van der Waals surface area contributed by atoms with E-state index in [-0.39, 0.29) is 17.9 Å². The van der Waals surface area contributed by atoms with Crippen LogP contribution in [0.5, 0.6) is 5.75 Å². The summed E-state index contributed by atoms with van der Waals surface area (Å²) in [7, 11) is 1.60. The van der Waals surface area contributed by atoms with Crippen LogP contribution in [-0.2, 0) is 0 Å². The summed E-state index contributed by atoms with van der Waals surface area (Å²) in [6, 6.07) is 12.7. The predicted molar refractivity (Wildman–Crippen MR) is 122 cm³/mol. The van der Waals surface area contributed by atoms with Gasteiger partial charge in [-0.25, -0.2) is 0 Å². The lowest BCUT2D eigenvalue weighted by Gasteiger charge is -2.22. The van der Waals surface area contributed by atoms with Crippen LogP contribution >= 0.6 is 22.9 Å². The lowest BCUT2D eigenvalue weighted by molar-refractivity contribution is 0.0927. The average molecular weight is 443 g/mol. The van der Waals surface area contributed by atoms with Crippen molar-refractivity contribution in [1.29, 1.82) is 0 Å². The third kappa shape index (κ3) is 4.45. The molecule has 1 saturated carbocycles. The van der Waals surface area contributed by atoms with Crippen molar-refractivity contribution in [1.82, 2.24) is 5.32 Å². The summed E-state index contributed by atoms with van der Waals surface area (Å²) < 4.78 is 6.12. The van der Waals surface area contributed by atoms with E-state index >= 15 is 0 Å². The monoisotopic (exact) mass is 442 g/mol. The van der Waals surface area contributed by atoms with Gasteiger partial charge in [0.15, 0.2) is 0 Å². The Balaban J connectivity index is 1.44. The molecule has 2 N–H and O–H groups in total. The number of rotatable bonds is 5. The number of hydrogen-bond acceptors (Lipinski definition) is 4. The third-order valence-electron chi connectivity index (χ3n) is 5.39. The van der Waals surface area contributed by atoms with Crippen molar-refractivity contribution in [2.75, 3.05) is 12.4 Å². The highest BCUT2D eigenvalue weighted by molar-refractivity contribution is 7.21. The van der Waals surface area contributed by atoms with Crippen LogP contribution < -0.4 is 15.4 Å². The summed E-state index contributed by atoms with van der Waals surface area (Å²) in [4.78, 5) is 25.6. The third-order valence-corrected chi connectivity index (χ3v) is 7.04. The molecule has 0 bridgehead atoms. The number of methoxy groups -OCH3 is 1. The van der Waals surface area contributed by atoms with Gasteiger partial charge in [0.1, 0.15) is 10.6 Å². The maximum Gasteiger partial charge on any atom is 0.267 e. The number of amides is 2. The Bertz CT molecular complexity index is 1070. The molecule has 0 unspecified atom stereocenters. The first-order chi connectivity index (χ1) is 14.5. The van der Waals surface area contributed by atoms with E-state index in [0.29, 0.717) is 21.2 Å². The second-order valence-electron chi connectivity index (χ2n) is 7.45. The number of hydrogen-bond donors (Lipinski definition) is 2. The summed E-state index contributed by atoms with van der Waals surface area (Å²) in [5.74, 6) is 0.371. The molecule has 0 saturated heterocycles. The van der Waals surface area contributed by atoms with Gasteiger partial charge in [-0.2, -0.15) is 0 Å². The van der Waals surface area contributed by atoms with Gasteiger partial charge in [0.25, 0.3) is 11.8 Å². The maximum atomic E-state index is 12.7. The first-order valence-electron chi connectivity index (χ1n) is 10.0. The van der Waals surface area contributed by atoms with Crippen LogP contribution in [0.25, 0.3) is 10.1 Å². The Labute approximate surface area is 184 Å². The summed E-state index contributed by atoms with van der Waals surface area (Å²) in [6.07, 6.45) is 5.67. The van der Waals surface area contributed by atoms with E-state index in [1.54, 1.807) is 31.4 Å². The number of anilines is 1. The molecule has 1 aromatic heterocycles. The Hall–Kier alpha value is -2.57. The van der Waals surface area contributed by atoms with Crippen molar-refractivity contribution < 1.29 is 14.3 Å². The van der Waals surface area contributed by atoms with Crippen molar-refractivity contribution >= 4 is 50.5 Å². The van der Waals surface area contributed by atoms with Crippen molar-refractivity contribution in [3.8, 4) is 5.75 Å². The van der Waals surface area contributed by atoms with Crippen LogP contribution in [0.15, 0.2) is 42.5 Å². The van der Waals surface area contributed by atoms with Gasteiger partial charge < -0.3 is 15.4 Å². The standard InChI is InChI=1S/C23H23ClN2O3S/c1-29-17-11-12-18-19(13-17)30-21(20(18)24)23(28)26-16-9-7-14(8-10-16)22(27)25-15-5-3-2-4-6-15/h7-13,15H,2-6H2,1H3,(H,25,27)(H,26,28). The molecule has 4 rings (SSSR count). The Morgan fingerprint density at radius 3 is 2.47 bits per heavy atom. The lowest BCUT2D eigenvalue weighted by atomic mass is 9.95. The summed E-state index contributed by atoms with van der Waals surface area (Å²) in [5.41, 5.74) is 1.20. The molecular formula is C23H23ClN2O3S. The van der Waals surface area contributed by atoms with E-state index in [4.69, 9.17) is 16.3 Å². The highest BCUT2D eigenvalue weighted by Crippen LogP contribution is 2.37. The van der Waals surface area contributed by atoms with Crippen molar-refractivity contribution in [2.24, 2.45) is 0 Å². The minimum atomic E-state index is -0.278. The van der Waals surface area contributed by atoms with Gasteiger partial charge in [0.2, 0.25) is 0 Å². The molecule has 0 radical (unpaired) electrons. The second-order valence-corrected chi connectivity index (χ2v) is 8.88. The fraction of sp³-hybridized carbons (Fsp3) is 0.304. The Morgan fingerprint density at radius 1 is 1.03 bits per heavy atom. The molecule has 5 nitrogen and oxygen atoms in total. The van der Waals surface area contributed by atoms with Crippen LogP contribution in [0.4, 0.5) is 5.69 Å². The molecule has 156 valence electrons. The molecule has 1 fully saturated rings. The SMILES string of the molecule is COc1ccc2c(Cl)c(C(=O)Nc3ccc(C(=O)NC4CCCCC4)cc3)sc2c1. The smallest absolute Gasteiger partial charge is 0.267 e. The van der Waals surface area contributed by atoms with E-state index in [2.05, 4.69) is 10.6 Å². The predicted octanol–water partition coefficient (Wildman–Crippen LogP) is 5.88. The first-order valence-corrected chi connectivity index (χ1v) is 11.2. The molecule has 0 spiro atoms. The van der Waals surface area contributed by atoms with E-state index in [0.717, 1.165) is 28.7 Å². The van der Waals surface area contributed by atoms with Crippen LogP contribution in [-0.4, -0.2) is 25.0 Å². The quantitative estimate of drug-likeness (QED) is 0.518. The average Bonchev–Trinajstić information content (AvgIpc) is 3.10. The van der Waals surface area contributed by atoms with Crippen LogP contribution in [0, 0.1) is 0 Å². The topological polar surface area (TPSA) is 67.4 Å². The van der Waals surface area contributed by atoms with Gasteiger partial charge in [0, 0.05) is 27.4 Å². The normalized spacial score (nSPS) is 14.5. The second kappa shape index (κ2) is 9.06. The van der Waals surface area contributed by atoms with E-state index in [9.17, 15) is 9.59 Å². The van der Waals surface area contributed by atoms with E-state index < -0.39 is 0 Å². The van der Waals surface area contributed by atoms with Gasteiger partial charge in [0.05, 0.1) is 12.1 Å². The number of fused-ring (bicyclic) bond motifs is 1. The molecule has 30 heavy (non-hydrogen) atoms. The Morgan fingerprint density at radius 2 is 1.77 bits per heavy atom. The largest absolute Gasteiger partial charge is 0.497 e. The molecule has 2 amide bonds. The van der Waals surface area contributed by atoms with Crippen molar-refractivity contribution in [3.63, 3.8) is 0 Å². The highest BCUT2D eigenvalue weighted by Gasteiger charge is 2.19. The zero-order valence-corrected chi connectivity index (χ0v) is 18.2. The molecule has 1 heterocycles. The van der Waals surface area contributed by atoms with Crippen LogP contribution in [0.2, 0.25) is 5.02 Å². The van der Waals surface area contributed by atoms with Gasteiger partial charge in [-0.15, -0.1) is 11.3 Å². The summed E-state index contributed by atoms with van der Waals surface area (Å²) in [5, 5.41) is 7.21. The fourth-order valence-corrected chi connectivity index (χ4v) is 5.17. The molecule has 0 atom stereocenters. The maximum absolute atomic E-state index is 12.7. The first kappa shape index (κ1) is 20.7. The number of carbonyl (C=O) groups excluding carboxylic acids is 2. The molecular weight excluding hydrogens is 420 g/mol. The van der Waals surface area contributed by atoms with Crippen LogP contribution in [0.1, 0.15) is 52.1 Å². The number of nitrogens with one attached hydrogen (secondary N) is 2. The minimum Gasteiger partial charge on any atom is -0.497 e. The Kier molecular flexibility index (Phi) is 6.25. The number of ether oxygens (including phenoxy) is 1. The number of halogens is 1. The lowest BCUT2D eigenvalue weighted by Crippen LogP contribution is -2.36. The van der Waals surface area contributed by atoms with Crippen molar-refractivity contribution in [3.05, 3.63) is 57.9 Å². The molecule has 2 aromatic carbocycles. The zero-order valence-electron chi connectivity index (χ0n) is 16.7. The van der Waals surface area contributed by atoms with Crippen molar-refractivity contribution in [2.45, 2.75) is 38.1 Å². The van der Waals surface area contributed by atoms with Gasteiger partial charge >= 0.3 is 0 Å². The molecule has 7 heteroatoms. The summed E-state index contributed by atoms with van der Waals surface area (Å²) >= 11 is 7.75. The number of carbonyl (C=O) groups is 2. The number of benzene rings is 2. The van der Waals surface area contributed by atoms with E-state index in [1.807, 2.05) is 18.2 Å². The van der Waals surface area contributed by atoms with Crippen LogP contribution in [0.3, 0.4) is 0 Å². The number of thiophene rings is 1. The molecule has 1 aliphatic carbocycles. The molecule has 0 aliphatic heterocycles. The van der Waals surface area contributed by atoms with Gasteiger partial charge in [-0.3, -0.25) is 9.59 Å². The van der Waals surface area contributed by atoms with E-state index in [1.165, 1.54) is 30.6 Å². The molecule has 3 aromatic rings. The van der Waals surface area contributed by atoms with Gasteiger partial charge in [-0.1, -0.05) is 30.9 Å². The zero-order chi connectivity index (χ0) is 21.1. The molecule has 1 aliphatic rings. The summed E-state index contributed by atoms with van der Waals surface area (Å²) in [6.45, 7) is 0. The fourth-order valence-electron chi connectivity index (χ4n) is 3.73. The highest BCUT2D eigenvalue weighted by atomic mass is 35.5. The minimum absolute atomic E-state index is 0.0683.